The van der Waals surface area contributed by atoms with Gasteiger partial charge in [-0.2, -0.15) is 4.52 Å². The molecular formula is C7H6N4O2. The van der Waals surface area contributed by atoms with Gasteiger partial charge in [0.15, 0.2) is 11.3 Å². The lowest BCUT2D eigenvalue weighted by Gasteiger charge is -1.98. The summed E-state index contributed by atoms with van der Waals surface area (Å²) in [5.41, 5.74) is 1.38. The topological polar surface area (TPSA) is 80.4 Å². The molecule has 2 aromatic heterocycles. The summed E-state index contributed by atoms with van der Waals surface area (Å²) in [6.07, 6.45) is 0. The van der Waals surface area contributed by atoms with Crippen molar-refractivity contribution >= 4 is 11.6 Å². The van der Waals surface area contributed by atoms with Gasteiger partial charge in [0.05, 0.1) is 0 Å². The van der Waals surface area contributed by atoms with E-state index in [2.05, 4.69) is 15.5 Å². The molecule has 0 fully saturated rings. The molecular weight excluding hydrogens is 172 g/mol. The van der Waals surface area contributed by atoms with Crippen molar-refractivity contribution in [1.29, 1.82) is 0 Å². The quantitative estimate of drug-likeness (QED) is 0.671. The van der Waals surface area contributed by atoms with Crippen molar-refractivity contribution in [3.8, 4) is 0 Å². The van der Waals surface area contributed by atoms with E-state index in [1.165, 1.54) is 10.6 Å². The Bertz CT molecular complexity index is 476. The second-order valence-corrected chi connectivity index (χ2v) is 2.62. The Labute approximate surface area is 72.8 Å². The van der Waals surface area contributed by atoms with Crippen molar-refractivity contribution in [2.24, 2.45) is 0 Å². The second-order valence-electron chi connectivity index (χ2n) is 2.62. The molecule has 0 aliphatic rings. The molecule has 2 rings (SSSR count). The van der Waals surface area contributed by atoms with E-state index in [1.807, 2.05) is 6.92 Å². The van der Waals surface area contributed by atoms with E-state index in [9.17, 15) is 4.79 Å². The number of carboxylic acid groups (broad SMARTS) is 1. The minimum atomic E-state index is -1.04. The van der Waals surface area contributed by atoms with E-state index >= 15 is 0 Å². The number of aromatic nitrogens is 4. The van der Waals surface area contributed by atoms with Crippen LogP contribution in [0, 0.1) is 6.92 Å². The monoisotopic (exact) mass is 178 g/mol. The van der Waals surface area contributed by atoms with Gasteiger partial charge in [0.1, 0.15) is 0 Å². The highest BCUT2D eigenvalue weighted by atomic mass is 16.4. The summed E-state index contributed by atoms with van der Waals surface area (Å²) < 4.78 is 1.21. The van der Waals surface area contributed by atoms with E-state index in [4.69, 9.17) is 5.11 Å². The lowest BCUT2D eigenvalue weighted by Crippen LogP contribution is -2.06. The number of carboxylic acids is 1. The predicted molar refractivity (Wildman–Crippen MR) is 42.5 cm³/mol. The van der Waals surface area contributed by atoms with Gasteiger partial charge in [-0.25, -0.2) is 4.79 Å². The maximum Gasteiger partial charge on any atom is 0.354 e. The van der Waals surface area contributed by atoms with Crippen molar-refractivity contribution in [1.82, 2.24) is 20.0 Å². The van der Waals surface area contributed by atoms with E-state index in [1.54, 1.807) is 6.07 Å². The summed E-state index contributed by atoms with van der Waals surface area (Å²) in [5.74, 6) is -1.04. The van der Waals surface area contributed by atoms with Gasteiger partial charge >= 0.3 is 5.97 Å². The number of aromatic carboxylic acids is 1. The SMILES string of the molecule is Cc1ccc(C(=O)O)n2nnnc12. The van der Waals surface area contributed by atoms with Crippen molar-refractivity contribution in [3.63, 3.8) is 0 Å². The van der Waals surface area contributed by atoms with Crippen LogP contribution in [0.15, 0.2) is 12.1 Å². The third-order valence-electron chi connectivity index (χ3n) is 1.76. The molecule has 2 heterocycles. The maximum absolute atomic E-state index is 10.7. The molecule has 0 atom stereocenters. The summed E-state index contributed by atoms with van der Waals surface area (Å²) in [6, 6.07) is 3.15. The number of hydrogen-bond donors (Lipinski definition) is 1. The van der Waals surface area contributed by atoms with Gasteiger partial charge in [0, 0.05) is 0 Å². The van der Waals surface area contributed by atoms with Gasteiger partial charge in [-0.1, -0.05) is 6.07 Å². The highest BCUT2D eigenvalue weighted by Crippen LogP contribution is 2.08. The van der Waals surface area contributed by atoms with Crippen LogP contribution >= 0.6 is 0 Å². The fourth-order valence-corrected chi connectivity index (χ4v) is 1.11. The Morgan fingerprint density at radius 2 is 2.31 bits per heavy atom. The molecule has 1 N–H and O–H groups in total. The number of nitrogens with zero attached hydrogens (tertiary/aromatic N) is 4. The fourth-order valence-electron chi connectivity index (χ4n) is 1.11. The highest BCUT2D eigenvalue weighted by Gasteiger charge is 2.11. The van der Waals surface area contributed by atoms with Crippen LogP contribution in [0.4, 0.5) is 0 Å². The number of pyridine rings is 1. The van der Waals surface area contributed by atoms with Crippen LogP contribution < -0.4 is 0 Å². The molecule has 0 saturated carbocycles. The first kappa shape index (κ1) is 7.66. The molecule has 0 amide bonds. The van der Waals surface area contributed by atoms with E-state index in [0.717, 1.165) is 5.56 Å². The summed E-state index contributed by atoms with van der Waals surface area (Å²) in [7, 11) is 0. The van der Waals surface area contributed by atoms with Crippen LogP contribution in [0.5, 0.6) is 0 Å². The third kappa shape index (κ3) is 1.03. The predicted octanol–water partition coefficient (Wildman–Crippen LogP) is 0.131. The molecule has 6 nitrogen and oxygen atoms in total. The minimum absolute atomic E-state index is 0.0607. The first-order valence-electron chi connectivity index (χ1n) is 3.61. The lowest BCUT2D eigenvalue weighted by atomic mass is 10.2. The van der Waals surface area contributed by atoms with E-state index in [-0.39, 0.29) is 5.69 Å². The summed E-state index contributed by atoms with van der Waals surface area (Å²) in [6.45, 7) is 1.82. The first-order chi connectivity index (χ1) is 6.20. The molecule has 0 aliphatic carbocycles. The zero-order valence-electron chi connectivity index (χ0n) is 6.80. The zero-order chi connectivity index (χ0) is 9.42. The van der Waals surface area contributed by atoms with Gasteiger partial charge < -0.3 is 5.11 Å². The van der Waals surface area contributed by atoms with Crippen molar-refractivity contribution in [3.05, 3.63) is 23.4 Å². The van der Waals surface area contributed by atoms with E-state index < -0.39 is 5.97 Å². The average molecular weight is 178 g/mol. The lowest BCUT2D eigenvalue weighted by molar-refractivity contribution is 0.0687. The molecule has 0 spiro atoms. The fraction of sp³-hybridized carbons (Fsp3) is 0.143. The van der Waals surface area contributed by atoms with E-state index in [0.29, 0.717) is 5.65 Å². The summed E-state index contributed by atoms with van der Waals surface area (Å²) in [4.78, 5) is 10.7. The molecule has 0 bridgehead atoms. The smallest absolute Gasteiger partial charge is 0.354 e. The number of hydrogen-bond acceptors (Lipinski definition) is 4. The number of aryl methyl sites for hydroxylation is 1. The third-order valence-corrected chi connectivity index (χ3v) is 1.76. The maximum atomic E-state index is 10.7. The number of rotatable bonds is 1. The van der Waals surface area contributed by atoms with Gasteiger partial charge in [-0.05, 0) is 29.0 Å². The van der Waals surface area contributed by atoms with Gasteiger partial charge in [0.25, 0.3) is 0 Å². The van der Waals surface area contributed by atoms with Crippen LogP contribution in [0.3, 0.4) is 0 Å². The summed E-state index contributed by atoms with van der Waals surface area (Å²) in [5, 5.41) is 19.5. The summed E-state index contributed by atoms with van der Waals surface area (Å²) >= 11 is 0. The number of fused-ring (bicyclic) bond motifs is 1. The van der Waals surface area contributed by atoms with Crippen molar-refractivity contribution in [2.45, 2.75) is 6.92 Å². The van der Waals surface area contributed by atoms with Crippen LogP contribution in [0.25, 0.3) is 5.65 Å². The molecule has 66 valence electrons. The normalized spacial score (nSPS) is 10.5. The average Bonchev–Trinajstić information content (AvgIpc) is 2.53. The van der Waals surface area contributed by atoms with Crippen LogP contribution in [0.1, 0.15) is 16.1 Å². The molecule has 0 unspecified atom stereocenters. The van der Waals surface area contributed by atoms with Crippen molar-refractivity contribution < 1.29 is 9.90 Å². The Hall–Kier alpha value is -1.98. The second kappa shape index (κ2) is 2.51. The largest absolute Gasteiger partial charge is 0.477 e. The Morgan fingerprint density at radius 3 is 3.00 bits per heavy atom. The minimum Gasteiger partial charge on any atom is -0.477 e. The van der Waals surface area contributed by atoms with Crippen molar-refractivity contribution in [2.75, 3.05) is 0 Å². The molecule has 13 heavy (non-hydrogen) atoms. The first-order valence-corrected chi connectivity index (χ1v) is 3.61. The number of carbonyl (C=O) groups is 1. The van der Waals surface area contributed by atoms with Crippen LogP contribution in [-0.2, 0) is 0 Å². The molecule has 0 aromatic carbocycles. The Morgan fingerprint density at radius 1 is 1.54 bits per heavy atom. The van der Waals surface area contributed by atoms with Gasteiger partial charge in [-0.3, -0.25) is 0 Å². The Kier molecular flexibility index (Phi) is 1.48. The molecule has 0 aliphatic heterocycles. The Balaban J connectivity index is 2.86. The highest BCUT2D eigenvalue weighted by molar-refractivity contribution is 5.86. The van der Waals surface area contributed by atoms with Crippen LogP contribution in [0.2, 0.25) is 0 Å². The van der Waals surface area contributed by atoms with Gasteiger partial charge in [0.2, 0.25) is 0 Å². The molecule has 0 saturated heterocycles. The number of tetrazole rings is 1. The zero-order valence-corrected chi connectivity index (χ0v) is 6.80. The standard InChI is InChI=1S/C7H6N4O2/c1-4-2-3-5(7(12)13)11-6(4)8-9-10-11/h2-3H,1H3,(H,12,13). The van der Waals surface area contributed by atoms with Gasteiger partial charge in [-0.15, -0.1) is 5.10 Å². The molecule has 0 radical (unpaired) electrons. The van der Waals surface area contributed by atoms with Crippen LogP contribution in [-0.4, -0.2) is 31.1 Å². The molecule has 6 heteroatoms. The molecule has 2 aromatic rings.